The number of nitrogens with one attached hydrogen (secondary N) is 1. The highest BCUT2D eigenvalue weighted by Gasteiger charge is 2.09. The molecule has 0 saturated heterocycles. The number of anilines is 3. The lowest BCUT2D eigenvalue weighted by Gasteiger charge is -2.20. The van der Waals surface area contributed by atoms with Gasteiger partial charge in [-0.15, -0.1) is 0 Å². The number of benzene rings is 1. The van der Waals surface area contributed by atoms with Crippen molar-refractivity contribution < 1.29 is 0 Å². The fourth-order valence-corrected chi connectivity index (χ4v) is 2.24. The molecule has 0 aliphatic heterocycles. The number of rotatable bonds is 4. The van der Waals surface area contributed by atoms with Gasteiger partial charge in [0.25, 0.3) is 0 Å². The maximum Gasteiger partial charge on any atom is 0.224 e. The molecule has 1 heterocycles. The summed E-state index contributed by atoms with van der Waals surface area (Å²) in [7, 11) is 2.03. The highest BCUT2D eigenvalue weighted by Crippen LogP contribution is 2.25. The van der Waals surface area contributed by atoms with Crippen molar-refractivity contribution in [3.63, 3.8) is 0 Å². The fourth-order valence-electron chi connectivity index (χ4n) is 2.24. The minimum Gasteiger partial charge on any atom is -0.354 e. The van der Waals surface area contributed by atoms with E-state index in [4.69, 9.17) is 0 Å². The zero-order valence-electron chi connectivity index (χ0n) is 12.9. The van der Waals surface area contributed by atoms with Gasteiger partial charge in [0.15, 0.2) is 0 Å². The average molecular weight is 270 g/mol. The van der Waals surface area contributed by atoms with Gasteiger partial charge in [-0.1, -0.05) is 6.07 Å². The molecule has 0 unspecified atom stereocenters. The molecule has 0 amide bonds. The molecule has 4 nitrogen and oxygen atoms in total. The largest absolute Gasteiger partial charge is 0.354 e. The Morgan fingerprint density at radius 1 is 1.00 bits per heavy atom. The van der Waals surface area contributed by atoms with E-state index in [2.05, 4.69) is 52.2 Å². The van der Waals surface area contributed by atoms with Gasteiger partial charge in [-0.3, -0.25) is 0 Å². The van der Waals surface area contributed by atoms with E-state index in [0.29, 0.717) is 5.95 Å². The molecule has 0 bridgehead atoms. The first-order valence-corrected chi connectivity index (χ1v) is 6.91. The topological polar surface area (TPSA) is 41.1 Å². The van der Waals surface area contributed by atoms with E-state index in [9.17, 15) is 0 Å². The van der Waals surface area contributed by atoms with E-state index in [1.807, 2.05) is 27.0 Å². The van der Waals surface area contributed by atoms with Gasteiger partial charge in [-0.2, -0.15) is 4.98 Å². The molecule has 20 heavy (non-hydrogen) atoms. The summed E-state index contributed by atoms with van der Waals surface area (Å²) >= 11 is 0. The van der Waals surface area contributed by atoms with Crippen LogP contribution in [0.25, 0.3) is 0 Å². The van der Waals surface area contributed by atoms with E-state index in [1.165, 1.54) is 11.1 Å². The third kappa shape index (κ3) is 3.26. The van der Waals surface area contributed by atoms with Crippen molar-refractivity contribution in [1.82, 2.24) is 9.97 Å². The highest BCUT2D eigenvalue weighted by atomic mass is 15.2. The molecule has 0 atom stereocenters. The molecular weight excluding hydrogens is 248 g/mol. The predicted octanol–water partition coefficient (Wildman–Crippen LogP) is 3.60. The number of nitrogens with zero attached hydrogens (tertiary/aromatic N) is 3. The average Bonchev–Trinajstić information content (AvgIpc) is 2.36. The maximum atomic E-state index is 4.56. The van der Waals surface area contributed by atoms with Gasteiger partial charge in [0.2, 0.25) is 5.95 Å². The van der Waals surface area contributed by atoms with E-state index in [1.54, 1.807) is 0 Å². The Morgan fingerprint density at radius 2 is 1.65 bits per heavy atom. The molecule has 2 aromatic rings. The standard InChI is InChI=1S/C16H22N4/c1-6-17-16-18-13(4)10-15(19-16)20(5)14-8-11(2)7-12(3)9-14/h7-10H,6H2,1-5H3,(H,17,18,19). The molecule has 1 aromatic heterocycles. The number of hydrogen-bond acceptors (Lipinski definition) is 4. The maximum absolute atomic E-state index is 4.56. The van der Waals surface area contributed by atoms with Crippen LogP contribution in [0.4, 0.5) is 17.5 Å². The number of aromatic nitrogens is 2. The Labute approximate surface area is 120 Å². The summed E-state index contributed by atoms with van der Waals surface area (Å²) in [6.45, 7) is 9.07. The van der Waals surface area contributed by atoms with E-state index < -0.39 is 0 Å². The lowest BCUT2D eigenvalue weighted by molar-refractivity contribution is 1.02. The van der Waals surface area contributed by atoms with Crippen molar-refractivity contribution in [2.75, 3.05) is 23.8 Å². The van der Waals surface area contributed by atoms with Crippen LogP contribution in [0.2, 0.25) is 0 Å². The molecule has 0 radical (unpaired) electrons. The van der Waals surface area contributed by atoms with E-state index >= 15 is 0 Å². The second kappa shape index (κ2) is 5.90. The monoisotopic (exact) mass is 270 g/mol. The van der Waals surface area contributed by atoms with Crippen LogP contribution >= 0.6 is 0 Å². The van der Waals surface area contributed by atoms with Gasteiger partial charge >= 0.3 is 0 Å². The Bertz CT molecular complexity index is 587. The van der Waals surface area contributed by atoms with Gasteiger partial charge in [0.05, 0.1) is 0 Å². The fraction of sp³-hybridized carbons (Fsp3) is 0.375. The van der Waals surface area contributed by atoms with Crippen LogP contribution in [0.15, 0.2) is 24.3 Å². The minimum atomic E-state index is 0.679. The van der Waals surface area contributed by atoms with Gasteiger partial charge in [0, 0.05) is 31.0 Å². The lowest BCUT2D eigenvalue weighted by atomic mass is 10.1. The summed E-state index contributed by atoms with van der Waals surface area (Å²) in [6.07, 6.45) is 0. The summed E-state index contributed by atoms with van der Waals surface area (Å²) in [5.41, 5.74) is 4.61. The molecule has 2 rings (SSSR count). The van der Waals surface area contributed by atoms with Crippen molar-refractivity contribution in [3.05, 3.63) is 41.1 Å². The Kier molecular flexibility index (Phi) is 4.23. The van der Waals surface area contributed by atoms with Crippen LogP contribution < -0.4 is 10.2 Å². The van der Waals surface area contributed by atoms with Crippen LogP contribution in [0.1, 0.15) is 23.7 Å². The summed E-state index contributed by atoms with van der Waals surface area (Å²) in [4.78, 5) is 11.0. The number of hydrogen-bond donors (Lipinski definition) is 1. The van der Waals surface area contributed by atoms with Gasteiger partial charge in [-0.25, -0.2) is 4.98 Å². The lowest BCUT2D eigenvalue weighted by Crippen LogP contribution is -2.14. The number of aryl methyl sites for hydroxylation is 3. The highest BCUT2D eigenvalue weighted by molar-refractivity contribution is 5.62. The summed E-state index contributed by atoms with van der Waals surface area (Å²) < 4.78 is 0. The second-order valence-corrected chi connectivity index (χ2v) is 5.13. The van der Waals surface area contributed by atoms with E-state index in [-0.39, 0.29) is 0 Å². The molecule has 4 heteroatoms. The molecule has 1 aromatic carbocycles. The second-order valence-electron chi connectivity index (χ2n) is 5.13. The molecule has 1 N–H and O–H groups in total. The predicted molar refractivity (Wildman–Crippen MR) is 84.9 cm³/mol. The Morgan fingerprint density at radius 3 is 2.25 bits per heavy atom. The van der Waals surface area contributed by atoms with Crippen LogP contribution in [0.5, 0.6) is 0 Å². The molecule has 0 fully saturated rings. The molecular formula is C16H22N4. The molecule has 106 valence electrons. The minimum absolute atomic E-state index is 0.679. The van der Waals surface area contributed by atoms with Crippen molar-refractivity contribution in [2.24, 2.45) is 0 Å². The normalized spacial score (nSPS) is 10.4. The third-order valence-electron chi connectivity index (χ3n) is 3.11. The van der Waals surface area contributed by atoms with E-state index in [0.717, 1.165) is 23.7 Å². The smallest absolute Gasteiger partial charge is 0.224 e. The summed E-state index contributed by atoms with van der Waals surface area (Å²) in [5, 5.41) is 3.17. The molecule has 0 aliphatic rings. The van der Waals surface area contributed by atoms with Crippen LogP contribution in [0.3, 0.4) is 0 Å². The van der Waals surface area contributed by atoms with Crippen molar-refractivity contribution in [2.45, 2.75) is 27.7 Å². The Balaban J connectivity index is 2.39. The summed E-state index contributed by atoms with van der Waals surface area (Å²) in [6, 6.07) is 8.50. The third-order valence-corrected chi connectivity index (χ3v) is 3.11. The SMILES string of the molecule is CCNc1nc(C)cc(N(C)c2cc(C)cc(C)c2)n1. The van der Waals surface area contributed by atoms with Crippen molar-refractivity contribution >= 4 is 17.5 Å². The van der Waals surface area contributed by atoms with Gasteiger partial charge in [-0.05, 0) is 51.0 Å². The first-order valence-electron chi connectivity index (χ1n) is 6.91. The summed E-state index contributed by atoms with van der Waals surface area (Å²) in [5.74, 6) is 1.58. The van der Waals surface area contributed by atoms with Gasteiger partial charge < -0.3 is 10.2 Å². The zero-order chi connectivity index (χ0) is 14.7. The first-order chi connectivity index (χ1) is 9.49. The van der Waals surface area contributed by atoms with Gasteiger partial charge in [0.1, 0.15) is 5.82 Å². The molecule has 0 aliphatic carbocycles. The van der Waals surface area contributed by atoms with Crippen LogP contribution in [-0.2, 0) is 0 Å². The van der Waals surface area contributed by atoms with Crippen molar-refractivity contribution in [3.8, 4) is 0 Å². The van der Waals surface area contributed by atoms with Crippen LogP contribution in [-0.4, -0.2) is 23.6 Å². The van der Waals surface area contributed by atoms with Crippen LogP contribution in [0, 0.1) is 20.8 Å². The Hall–Kier alpha value is -2.10. The zero-order valence-corrected chi connectivity index (χ0v) is 12.9. The molecule has 0 saturated carbocycles. The molecule has 0 spiro atoms. The van der Waals surface area contributed by atoms with Crippen molar-refractivity contribution in [1.29, 1.82) is 0 Å². The quantitative estimate of drug-likeness (QED) is 0.921. The first kappa shape index (κ1) is 14.3.